The number of piperazine rings is 1. The molecule has 1 saturated heterocycles. The predicted molar refractivity (Wildman–Crippen MR) is 123 cm³/mol. The second kappa shape index (κ2) is 8.39. The highest BCUT2D eigenvalue weighted by Crippen LogP contribution is 2.26. The minimum Gasteiger partial charge on any atom is -0.497 e. The third kappa shape index (κ3) is 3.86. The monoisotopic (exact) mass is 433 g/mol. The van der Waals surface area contributed by atoms with Gasteiger partial charge < -0.3 is 19.1 Å². The normalized spacial score (nSPS) is 14.2. The van der Waals surface area contributed by atoms with Crippen LogP contribution in [0.15, 0.2) is 59.4 Å². The molecule has 1 fully saturated rings. The fourth-order valence-corrected chi connectivity index (χ4v) is 4.54. The van der Waals surface area contributed by atoms with E-state index in [1.165, 1.54) is 11.3 Å². The van der Waals surface area contributed by atoms with Gasteiger partial charge >= 0.3 is 0 Å². The lowest BCUT2D eigenvalue weighted by molar-refractivity contribution is -0.132. The fraction of sp³-hybridized carbons (Fsp3) is 0.261. The summed E-state index contributed by atoms with van der Waals surface area (Å²) in [6.45, 7) is 3.22. The largest absolute Gasteiger partial charge is 0.497 e. The molecule has 0 radical (unpaired) electrons. The Hall–Kier alpha value is -3.39. The summed E-state index contributed by atoms with van der Waals surface area (Å²) in [5, 5.41) is 1.97. The summed E-state index contributed by atoms with van der Waals surface area (Å²) in [6.07, 6.45) is 0. The molecule has 8 heteroatoms. The number of para-hydroxylation sites is 2. The van der Waals surface area contributed by atoms with Gasteiger partial charge in [0.05, 0.1) is 23.7 Å². The fourth-order valence-electron chi connectivity index (χ4n) is 4.01. The van der Waals surface area contributed by atoms with Gasteiger partial charge in [0.1, 0.15) is 18.0 Å². The quantitative estimate of drug-likeness (QED) is 0.482. The number of hydrogen-bond donors (Lipinski definition) is 0. The van der Waals surface area contributed by atoms with Gasteiger partial charge in [-0.05, 0) is 24.3 Å². The lowest BCUT2D eigenvalue weighted by Crippen LogP contribution is -2.49. The molecule has 0 N–H and O–H groups in total. The van der Waals surface area contributed by atoms with E-state index in [-0.39, 0.29) is 12.5 Å². The van der Waals surface area contributed by atoms with Crippen LogP contribution >= 0.6 is 11.3 Å². The van der Waals surface area contributed by atoms with Crippen LogP contribution in [0.25, 0.3) is 22.6 Å². The van der Waals surface area contributed by atoms with Crippen molar-refractivity contribution >= 4 is 34.0 Å². The summed E-state index contributed by atoms with van der Waals surface area (Å²) in [4.78, 5) is 26.6. The van der Waals surface area contributed by atoms with Gasteiger partial charge in [0.15, 0.2) is 5.82 Å². The highest BCUT2D eigenvalue weighted by Gasteiger charge is 2.24. The first-order chi connectivity index (χ1) is 15.2. The third-order valence-corrected chi connectivity index (χ3v) is 6.25. The van der Waals surface area contributed by atoms with Crippen molar-refractivity contribution in [2.24, 2.45) is 0 Å². The van der Waals surface area contributed by atoms with Crippen LogP contribution in [0.2, 0.25) is 0 Å². The summed E-state index contributed by atoms with van der Waals surface area (Å²) >= 11 is 1.53. The maximum Gasteiger partial charge on any atom is 0.242 e. The Kier molecular flexibility index (Phi) is 5.30. The van der Waals surface area contributed by atoms with Crippen molar-refractivity contribution in [3.63, 3.8) is 0 Å². The molecular formula is C23H23N5O2S. The van der Waals surface area contributed by atoms with Crippen molar-refractivity contribution in [3.8, 4) is 17.3 Å². The van der Waals surface area contributed by atoms with Gasteiger partial charge in [-0.3, -0.25) is 4.79 Å². The zero-order valence-electron chi connectivity index (χ0n) is 17.3. The summed E-state index contributed by atoms with van der Waals surface area (Å²) in [7, 11) is 1.68. The Labute approximate surface area is 184 Å². The Morgan fingerprint density at radius 1 is 1.10 bits per heavy atom. The number of aromatic nitrogens is 3. The number of anilines is 1. The molecular weight excluding hydrogens is 410 g/mol. The van der Waals surface area contributed by atoms with Gasteiger partial charge in [-0.2, -0.15) is 0 Å². The molecule has 0 atom stereocenters. The van der Waals surface area contributed by atoms with Gasteiger partial charge in [0.25, 0.3) is 0 Å². The van der Waals surface area contributed by atoms with Crippen molar-refractivity contribution in [1.29, 1.82) is 0 Å². The molecule has 7 nitrogen and oxygen atoms in total. The number of imidazole rings is 1. The maximum atomic E-state index is 13.2. The molecule has 1 aliphatic rings. The molecule has 1 aliphatic heterocycles. The number of hydrogen-bond acceptors (Lipinski definition) is 6. The number of benzene rings is 2. The van der Waals surface area contributed by atoms with Gasteiger partial charge in [0.2, 0.25) is 5.91 Å². The topological polar surface area (TPSA) is 63.5 Å². The van der Waals surface area contributed by atoms with Crippen molar-refractivity contribution in [3.05, 3.63) is 59.4 Å². The summed E-state index contributed by atoms with van der Waals surface area (Å²) in [6, 6.07) is 16.0. The summed E-state index contributed by atoms with van der Waals surface area (Å²) in [5.41, 5.74) is 5.54. The molecule has 3 heterocycles. The Bertz CT molecular complexity index is 1200. The van der Waals surface area contributed by atoms with E-state index in [1.807, 2.05) is 57.3 Å². The molecule has 0 bridgehead atoms. The third-order valence-electron chi connectivity index (χ3n) is 5.66. The highest BCUT2D eigenvalue weighted by atomic mass is 32.1. The lowest BCUT2D eigenvalue weighted by Gasteiger charge is -2.36. The summed E-state index contributed by atoms with van der Waals surface area (Å²) in [5.74, 6) is 1.69. The van der Waals surface area contributed by atoms with Crippen molar-refractivity contribution < 1.29 is 9.53 Å². The van der Waals surface area contributed by atoms with Gasteiger partial charge in [-0.25, -0.2) is 9.97 Å². The van der Waals surface area contributed by atoms with E-state index in [0.29, 0.717) is 13.1 Å². The highest BCUT2D eigenvalue weighted by molar-refractivity contribution is 7.07. The van der Waals surface area contributed by atoms with Crippen LogP contribution in [-0.2, 0) is 11.3 Å². The molecule has 31 heavy (non-hydrogen) atoms. The van der Waals surface area contributed by atoms with E-state index >= 15 is 0 Å². The molecule has 158 valence electrons. The first-order valence-corrected chi connectivity index (χ1v) is 11.2. The number of methoxy groups -OCH3 is 1. The molecule has 0 saturated carbocycles. The molecule has 4 aromatic rings. The number of amides is 1. The van der Waals surface area contributed by atoms with E-state index in [4.69, 9.17) is 9.72 Å². The van der Waals surface area contributed by atoms with Crippen molar-refractivity contribution in [2.45, 2.75) is 6.54 Å². The number of thiazole rings is 1. The SMILES string of the molecule is COc1cccc(N2CCN(C(=O)Cn3c(-c4cscn4)nc4ccccc43)CC2)c1. The van der Waals surface area contributed by atoms with E-state index in [2.05, 4.69) is 16.0 Å². The van der Waals surface area contributed by atoms with Crippen LogP contribution in [0, 0.1) is 0 Å². The molecule has 0 spiro atoms. The number of carbonyl (C=O) groups is 1. The van der Waals surface area contributed by atoms with Crippen LogP contribution in [0.5, 0.6) is 5.75 Å². The van der Waals surface area contributed by atoms with E-state index < -0.39 is 0 Å². The smallest absolute Gasteiger partial charge is 0.242 e. The average molecular weight is 434 g/mol. The minimum absolute atomic E-state index is 0.102. The van der Waals surface area contributed by atoms with Gasteiger partial charge in [-0.15, -0.1) is 11.3 Å². The minimum atomic E-state index is 0.102. The van der Waals surface area contributed by atoms with E-state index in [0.717, 1.165) is 47.1 Å². The molecule has 0 aliphatic carbocycles. The number of nitrogens with zero attached hydrogens (tertiary/aromatic N) is 5. The zero-order chi connectivity index (χ0) is 21.2. The van der Waals surface area contributed by atoms with Crippen LogP contribution in [-0.4, -0.2) is 58.6 Å². The predicted octanol–water partition coefficient (Wildman–Crippen LogP) is 3.52. The standard InChI is InChI=1S/C23H23N5O2S/c1-30-18-6-4-5-17(13-18)26-9-11-27(12-10-26)22(29)14-28-21-8-3-2-7-19(21)25-23(28)20-15-31-16-24-20/h2-8,13,15-16H,9-12,14H2,1H3. The average Bonchev–Trinajstić information content (AvgIpc) is 3.48. The van der Waals surface area contributed by atoms with Crippen molar-refractivity contribution in [2.75, 3.05) is 38.2 Å². The van der Waals surface area contributed by atoms with E-state index in [1.54, 1.807) is 12.6 Å². The molecule has 5 rings (SSSR count). The molecule has 1 amide bonds. The molecule has 2 aromatic heterocycles. The number of ether oxygens (including phenoxy) is 1. The van der Waals surface area contributed by atoms with Crippen molar-refractivity contribution in [1.82, 2.24) is 19.4 Å². The zero-order valence-corrected chi connectivity index (χ0v) is 18.1. The second-order valence-electron chi connectivity index (χ2n) is 7.45. The number of rotatable bonds is 5. The Balaban J connectivity index is 1.32. The Morgan fingerprint density at radius 3 is 2.71 bits per heavy atom. The second-order valence-corrected chi connectivity index (χ2v) is 8.17. The lowest BCUT2D eigenvalue weighted by atomic mass is 10.2. The van der Waals surface area contributed by atoms with Crippen LogP contribution in [0.4, 0.5) is 5.69 Å². The number of carbonyl (C=O) groups excluding carboxylic acids is 1. The first-order valence-electron chi connectivity index (χ1n) is 10.2. The molecule has 0 unspecified atom stereocenters. The van der Waals surface area contributed by atoms with E-state index in [9.17, 15) is 4.79 Å². The van der Waals surface area contributed by atoms with Crippen LogP contribution < -0.4 is 9.64 Å². The van der Waals surface area contributed by atoms with Crippen LogP contribution in [0.3, 0.4) is 0 Å². The molecule has 2 aromatic carbocycles. The van der Waals surface area contributed by atoms with Crippen LogP contribution in [0.1, 0.15) is 0 Å². The first kappa shape index (κ1) is 19.6. The Morgan fingerprint density at radius 2 is 1.94 bits per heavy atom. The van der Waals surface area contributed by atoms with Gasteiger partial charge in [-0.1, -0.05) is 18.2 Å². The number of fused-ring (bicyclic) bond motifs is 1. The van der Waals surface area contributed by atoms with Gasteiger partial charge in [0, 0.05) is 43.3 Å². The maximum absolute atomic E-state index is 13.2. The summed E-state index contributed by atoms with van der Waals surface area (Å²) < 4.78 is 7.32.